The van der Waals surface area contributed by atoms with Gasteiger partial charge < -0.3 is 9.47 Å². The molecule has 0 aliphatic heterocycles. The predicted octanol–water partition coefficient (Wildman–Crippen LogP) is 5.31. The van der Waals surface area contributed by atoms with Crippen LogP contribution < -0.4 is 4.74 Å². The number of nitro benzene ring substituents is 2. The molecule has 30 heavy (non-hydrogen) atoms. The highest BCUT2D eigenvalue weighted by atomic mass is 35.5. The van der Waals surface area contributed by atoms with Crippen LogP contribution in [0.5, 0.6) is 11.5 Å². The molecule has 3 aromatic carbocycles. The Labute approximate surface area is 174 Å². The van der Waals surface area contributed by atoms with Crippen LogP contribution in [0.3, 0.4) is 0 Å². The van der Waals surface area contributed by atoms with E-state index in [9.17, 15) is 25.0 Å². The van der Waals surface area contributed by atoms with Crippen LogP contribution >= 0.6 is 11.6 Å². The predicted molar refractivity (Wildman–Crippen MR) is 107 cm³/mol. The van der Waals surface area contributed by atoms with Crippen LogP contribution in [0.15, 0.2) is 66.7 Å². The number of rotatable bonds is 7. The van der Waals surface area contributed by atoms with Crippen LogP contribution in [-0.2, 0) is 11.3 Å². The minimum absolute atomic E-state index is 0.00406. The van der Waals surface area contributed by atoms with Crippen molar-refractivity contribution in [3.63, 3.8) is 0 Å². The second kappa shape index (κ2) is 9.01. The molecule has 0 saturated carbocycles. The molecule has 152 valence electrons. The second-order valence-corrected chi connectivity index (χ2v) is 6.41. The van der Waals surface area contributed by atoms with Crippen LogP contribution in [-0.4, -0.2) is 15.8 Å². The summed E-state index contributed by atoms with van der Waals surface area (Å²) >= 11 is 5.74. The van der Waals surface area contributed by atoms with E-state index >= 15 is 0 Å². The molecule has 0 amide bonds. The minimum Gasteiger partial charge on any atom is -0.457 e. The van der Waals surface area contributed by atoms with Crippen LogP contribution in [0.1, 0.15) is 15.9 Å². The van der Waals surface area contributed by atoms with Crippen LogP contribution in [0.2, 0.25) is 5.02 Å². The van der Waals surface area contributed by atoms with Gasteiger partial charge in [-0.05, 0) is 42.0 Å². The summed E-state index contributed by atoms with van der Waals surface area (Å²) in [7, 11) is 0. The van der Waals surface area contributed by atoms with Crippen molar-refractivity contribution >= 4 is 28.9 Å². The molecule has 0 spiro atoms. The molecule has 9 nitrogen and oxygen atoms in total. The van der Waals surface area contributed by atoms with E-state index in [2.05, 4.69) is 0 Å². The molecule has 0 saturated heterocycles. The SMILES string of the molecule is O=C(OCc1cccc(Oc2ccc([N+](=O)[O-])cc2)c1)c1ccc(Cl)c([N+](=O)[O-])c1. The fraction of sp³-hybridized carbons (Fsp3) is 0.0500. The van der Waals surface area contributed by atoms with Crippen LogP contribution in [0.25, 0.3) is 0 Å². The first-order valence-electron chi connectivity index (χ1n) is 8.46. The number of esters is 1. The van der Waals surface area contributed by atoms with Crippen LogP contribution in [0.4, 0.5) is 11.4 Å². The number of halogens is 1. The first-order chi connectivity index (χ1) is 14.3. The summed E-state index contributed by atoms with van der Waals surface area (Å²) in [5.41, 5.74) is 0.186. The zero-order valence-electron chi connectivity index (χ0n) is 15.2. The molecule has 0 unspecified atom stereocenters. The van der Waals surface area contributed by atoms with E-state index in [1.807, 2.05) is 0 Å². The Balaban J connectivity index is 1.65. The van der Waals surface area contributed by atoms with E-state index in [4.69, 9.17) is 21.1 Å². The molecule has 0 aliphatic carbocycles. The summed E-state index contributed by atoms with van der Waals surface area (Å²) in [5.74, 6) is 0.110. The van der Waals surface area contributed by atoms with E-state index in [1.165, 1.54) is 36.4 Å². The lowest BCUT2D eigenvalue weighted by molar-refractivity contribution is -0.385. The van der Waals surface area contributed by atoms with Crippen molar-refractivity contribution in [2.45, 2.75) is 6.61 Å². The topological polar surface area (TPSA) is 122 Å². The summed E-state index contributed by atoms with van der Waals surface area (Å²) in [6.07, 6.45) is 0. The Hall–Kier alpha value is -3.98. The average Bonchev–Trinajstić information content (AvgIpc) is 2.73. The maximum absolute atomic E-state index is 12.2. The average molecular weight is 429 g/mol. The first kappa shape index (κ1) is 20.7. The van der Waals surface area contributed by atoms with Gasteiger partial charge in [-0.15, -0.1) is 0 Å². The summed E-state index contributed by atoms with van der Waals surface area (Å²) < 4.78 is 10.8. The molecular weight excluding hydrogens is 416 g/mol. The van der Waals surface area contributed by atoms with E-state index in [0.717, 1.165) is 6.07 Å². The number of nitrogens with zero attached hydrogens (tertiary/aromatic N) is 2. The lowest BCUT2D eigenvalue weighted by atomic mass is 10.2. The summed E-state index contributed by atoms with van der Waals surface area (Å²) in [6, 6.07) is 16.0. The van der Waals surface area contributed by atoms with Gasteiger partial charge in [0.05, 0.1) is 15.4 Å². The van der Waals surface area contributed by atoms with Gasteiger partial charge in [0.25, 0.3) is 11.4 Å². The van der Waals surface area contributed by atoms with E-state index in [1.54, 1.807) is 24.3 Å². The Kier molecular flexibility index (Phi) is 6.23. The van der Waals surface area contributed by atoms with Crippen molar-refractivity contribution in [1.29, 1.82) is 0 Å². The van der Waals surface area contributed by atoms with Crippen LogP contribution in [0, 0.1) is 20.2 Å². The van der Waals surface area contributed by atoms with Gasteiger partial charge >= 0.3 is 5.97 Å². The number of hydrogen-bond acceptors (Lipinski definition) is 7. The van der Waals surface area contributed by atoms with Crippen molar-refractivity contribution in [2.75, 3.05) is 0 Å². The number of carbonyl (C=O) groups is 1. The van der Waals surface area contributed by atoms with E-state index < -0.39 is 15.8 Å². The Morgan fingerprint density at radius 2 is 1.63 bits per heavy atom. The fourth-order valence-electron chi connectivity index (χ4n) is 2.48. The molecule has 10 heteroatoms. The van der Waals surface area contributed by atoms with Gasteiger partial charge in [0, 0.05) is 18.2 Å². The molecule has 0 aromatic heterocycles. The monoisotopic (exact) mass is 428 g/mol. The summed E-state index contributed by atoms with van der Waals surface area (Å²) in [6.45, 7) is -0.0906. The van der Waals surface area contributed by atoms with Gasteiger partial charge in [0.15, 0.2) is 0 Å². The standard InChI is InChI=1S/C20H13ClN2O7/c21-18-9-4-14(11-19(18)23(27)28)20(24)29-12-13-2-1-3-17(10-13)30-16-7-5-15(6-8-16)22(25)26/h1-11H,12H2. The number of ether oxygens (including phenoxy) is 2. The van der Waals surface area contributed by atoms with Gasteiger partial charge in [-0.1, -0.05) is 23.7 Å². The van der Waals surface area contributed by atoms with Crippen molar-refractivity contribution in [3.8, 4) is 11.5 Å². The van der Waals surface area contributed by atoms with Crippen molar-refractivity contribution < 1.29 is 24.1 Å². The highest BCUT2D eigenvalue weighted by Gasteiger charge is 2.17. The quantitative estimate of drug-likeness (QED) is 0.284. The Morgan fingerprint density at radius 3 is 2.30 bits per heavy atom. The van der Waals surface area contributed by atoms with Gasteiger partial charge in [0.1, 0.15) is 23.1 Å². The smallest absolute Gasteiger partial charge is 0.338 e. The Bertz CT molecular complexity index is 1120. The number of nitro groups is 2. The first-order valence-corrected chi connectivity index (χ1v) is 8.83. The van der Waals surface area contributed by atoms with Crippen molar-refractivity contribution in [2.24, 2.45) is 0 Å². The van der Waals surface area contributed by atoms with Gasteiger partial charge in [0.2, 0.25) is 0 Å². The van der Waals surface area contributed by atoms with Crippen molar-refractivity contribution in [1.82, 2.24) is 0 Å². The number of non-ortho nitro benzene ring substituents is 1. The fourth-order valence-corrected chi connectivity index (χ4v) is 2.67. The highest BCUT2D eigenvalue weighted by Crippen LogP contribution is 2.27. The summed E-state index contributed by atoms with van der Waals surface area (Å²) in [5, 5.41) is 21.6. The third-order valence-corrected chi connectivity index (χ3v) is 4.25. The van der Waals surface area contributed by atoms with Gasteiger partial charge in [-0.25, -0.2) is 4.79 Å². The maximum atomic E-state index is 12.2. The number of carbonyl (C=O) groups excluding carboxylic acids is 1. The normalized spacial score (nSPS) is 10.3. The van der Waals surface area contributed by atoms with E-state index in [-0.39, 0.29) is 28.6 Å². The molecule has 0 atom stereocenters. The molecule has 0 bridgehead atoms. The highest BCUT2D eigenvalue weighted by molar-refractivity contribution is 6.32. The largest absolute Gasteiger partial charge is 0.457 e. The molecule has 0 aliphatic rings. The van der Waals surface area contributed by atoms with Gasteiger partial charge in [-0.2, -0.15) is 0 Å². The number of hydrogen-bond donors (Lipinski definition) is 0. The third kappa shape index (κ3) is 5.09. The van der Waals surface area contributed by atoms with E-state index in [0.29, 0.717) is 17.1 Å². The van der Waals surface area contributed by atoms with Crippen molar-refractivity contribution in [3.05, 3.63) is 103 Å². The zero-order chi connectivity index (χ0) is 21.7. The molecule has 3 rings (SSSR count). The molecular formula is C20H13ClN2O7. The Morgan fingerprint density at radius 1 is 0.900 bits per heavy atom. The lowest BCUT2D eigenvalue weighted by Gasteiger charge is -2.09. The zero-order valence-corrected chi connectivity index (χ0v) is 15.9. The maximum Gasteiger partial charge on any atom is 0.338 e. The lowest BCUT2D eigenvalue weighted by Crippen LogP contribution is -2.06. The second-order valence-electron chi connectivity index (χ2n) is 6.00. The number of benzene rings is 3. The molecule has 0 N–H and O–H groups in total. The third-order valence-electron chi connectivity index (χ3n) is 3.93. The molecule has 0 fully saturated rings. The summed E-state index contributed by atoms with van der Waals surface area (Å²) in [4.78, 5) is 32.6. The molecule has 0 heterocycles. The molecule has 3 aromatic rings. The minimum atomic E-state index is -0.739. The molecule has 0 radical (unpaired) electrons. The van der Waals surface area contributed by atoms with Gasteiger partial charge in [-0.3, -0.25) is 20.2 Å².